The lowest BCUT2D eigenvalue weighted by Gasteiger charge is -2.14. The van der Waals surface area contributed by atoms with Crippen LogP contribution < -0.4 is 4.74 Å². The zero-order valence-corrected chi connectivity index (χ0v) is 11.8. The van der Waals surface area contributed by atoms with Crippen molar-refractivity contribution in [1.82, 2.24) is 0 Å². The van der Waals surface area contributed by atoms with Crippen molar-refractivity contribution in [2.24, 2.45) is 0 Å². The minimum absolute atomic E-state index is 0.224. The van der Waals surface area contributed by atoms with Crippen LogP contribution in [0.2, 0.25) is 0 Å². The summed E-state index contributed by atoms with van der Waals surface area (Å²) >= 11 is 5.91. The van der Waals surface area contributed by atoms with Crippen LogP contribution in [0.15, 0.2) is 36.4 Å². The first-order chi connectivity index (χ1) is 9.11. The summed E-state index contributed by atoms with van der Waals surface area (Å²) in [6.07, 6.45) is 0. The van der Waals surface area contributed by atoms with Crippen LogP contribution in [0.3, 0.4) is 0 Å². The molecular weight excluding hydrogens is 263 g/mol. The molecule has 0 unspecified atom stereocenters. The molecule has 2 rings (SSSR count). The maximum atomic E-state index is 13.0. The first-order valence-corrected chi connectivity index (χ1v) is 6.67. The minimum atomic E-state index is -0.224. The summed E-state index contributed by atoms with van der Waals surface area (Å²) in [7, 11) is 0. The molecule has 0 aromatic heterocycles. The highest BCUT2D eigenvalue weighted by Crippen LogP contribution is 2.26. The Kier molecular flexibility index (Phi) is 4.43. The second kappa shape index (κ2) is 6.07. The van der Waals surface area contributed by atoms with Gasteiger partial charge in [-0.05, 0) is 42.7 Å². The SMILES string of the molecule is Cc1cc(F)ccc1COc1c(C)cccc1CCl. The lowest BCUT2D eigenvalue weighted by Crippen LogP contribution is -2.01. The highest BCUT2D eigenvalue weighted by molar-refractivity contribution is 6.17. The Labute approximate surface area is 118 Å². The van der Waals surface area contributed by atoms with E-state index in [0.717, 1.165) is 28.0 Å². The van der Waals surface area contributed by atoms with Gasteiger partial charge < -0.3 is 4.74 Å². The summed E-state index contributed by atoms with van der Waals surface area (Å²) in [5, 5.41) is 0. The number of para-hydroxylation sites is 1. The Morgan fingerprint density at radius 2 is 1.84 bits per heavy atom. The number of rotatable bonds is 4. The van der Waals surface area contributed by atoms with E-state index in [1.54, 1.807) is 6.07 Å². The first-order valence-electron chi connectivity index (χ1n) is 6.14. The molecule has 0 N–H and O–H groups in total. The van der Waals surface area contributed by atoms with Crippen molar-refractivity contribution in [3.05, 3.63) is 64.5 Å². The largest absolute Gasteiger partial charge is 0.488 e. The molecule has 0 saturated carbocycles. The molecule has 2 aromatic rings. The van der Waals surface area contributed by atoms with Gasteiger partial charge in [0.1, 0.15) is 18.2 Å². The third-order valence-corrected chi connectivity index (χ3v) is 3.40. The molecule has 0 aliphatic rings. The van der Waals surface area contributed by atoms with Crippen molar-refractivity contribution in [2.75, 3.05) is 0 Å². The van der Waals surface area contributed by atoms with Crippen LogP contribution in [0, 0.1) is 19.7 Å². The fourth-order valence-corrected chi connectivity index (χ4v) is 2.21. The van der Waals surface area contributed by atoms with Gasteiger partial charge in [-0.15, -0.1) is 11.6 Å². The van der Waals surface area contributed by atoms with Gasteiger partial charge in [0.25, 0.3) is 0 Å². The van der Waals surface area contributed by atoms with Crippen molar-refractivity contribution < 1.29 is 9.13 Å². The average molecular weight is 279 g/mol. The van der Waals surface area contributed by atoms with Gasteiger partial charge in [0.2, 0.25) is 0 Å². The van der Waals surface area contributed by atoms with Crippen molar-refractivity contribution >= 4 is 11.6 Å². The second-order valence-electron chi connectivity index (χ2n) is 4.56. The maximum absolute atomic E-state index is 13.0. The fraction of sp³-hybridized carbons (Fsp3) is 0.250. The Balaban J connectivity index is 2.19. The highest BCUT2D eigenvalue weighted by Gasteiger charge is 2.07. The number of halogens is 2. The molecule has 3 heteroatoms. The number of benzene rings is 2. The molecule has 0 heterocycles. The molecule has 19 heavy (non-hydrogen) atoms. The molecule has 0 atom stereocenters. The Morgan fingerprint density at radius 1 is 1.05 bits per heavy atom. The van der Waals surface area contributed by atoms with E-state index in [1.165, 1.54) is 12.1 Å². The lowest BCUT2D eigenvalue weighted by molar-refractivity contribution is 0.300. The quantitative estimate of drug-likeness (QED) is 0.733. The number of hydrogen-bond acceptors (Lipinski definition) is 1. The van der Waals surface area contributed by atoms with Crippen LogP contribution in [0.1, 0.15) is 22.3 Å². The zero-order chi connectivity index (χ0) is 13.8. The van der Waals surface area contributed by atoms with Gasteiger partial charge in [0.15, 0.2) is 0 Å². The topological polar surface area (TPSA) is 9.23 Å². The van der Waals surface area contributed by atoms with E-state index >= 15 is 0 Å². The standard InChI is InChI=1S/C16H16ClFO/c1-11-4-3-5-13(9-17)16(11)19-10-14-6-7-15(18)8-12(14)2/h3-8H,9-10H2,1-2H3. The smallest absolute Gasteiger partial charge is 0.127 e. The van der Waals surface area contributed by atoms with Crippen LogP contribution in [0.4, 0.5) is 4.39 Å². The van der Waals surface area contributed by atoms with Gasteiger partial charge in [-0.3, -0.25) is 0 Å². The van der Waals surface area contributed by atoms with Gasteiger partial charge in [0, 0.05) is 5.56 Å². The summed E-state index contributed by atoms with van der Waals surface area (Å²) in [6, 6.07) is 10.6. The Bertz CT molecular complexity index is 581. The first kappa shape index (κ1) is 13.9. The van der Waals surface area contributed by atoms with Crippen molar-refractivity contribution in [2.45, 2.75) is 26.3 Å². The van der Waals surface area contributed by atoms with E-state index < -0.39 is 0 Å². The van der Waals surface area contributed by atoms with Crippen molar-refractivity contribution in [3.8, 4) is 5.75 Å². The van der Waals surface area contributed by atoms with Gasteiger partial charge in [-0.25, -0.2) is 4.39 Å². The molecule has 0 aliphatic heterocycles. The number of hydrogen-bond donors (Lipinski definition) is 0. The predicted octanol–water partition coefficient (Wildman–Crippen LogP) is 4.76. The van der Waals surface area contributed by atoms with Gasteiger partial charge >= 0.3 is 0 Å². The molecule has 0 bridgehead atoms. The molecule has 100 valence electrons. The molecule has 0 radical (unpaired) electrons. The molecule has 0 saturated heterocycles. The normalized spacial score (nSPS) is 10.5. The van der Waals surface area contributed by atoms with E-state index in [2.05, 4.69) is 0 Å². The van der Waals surface area contributed by atoms with Crippen LogP contribution in [-0.2, 0) is 12.5 Å². The Morgan fingerprint density at radius 3 is 2.53 bits per heavy atom. The van der Waals surface area contributed by atoms with Crippen molar-refractivity contribution in [3.63, 3.8) is 0 Å². The summed E-state index contributed by atoms with van der Waals surface area (Å²) in [4.78, 5) is 0. The molecular formula is C16H16ClFO. The van der Waals surface area contributed by atoms with Gasteiger partial charge in [0.05, 0.1) is 5.88 Å². The van der Waals surface area contributed by atoms with E-state index in [-0.39, 0.29) is 5.82 Å². The number of aryl methyl sites for hydroxylation is 2. The lowest BCUT2D eigenvalue weighted by atomic mass is 10.1. The number of alkyl halides is 1. The summed E-state index contributed by atoms with van der Waals surface area (Å²) < 4.78 is 18.9. The maximum Gasteiger partial charge on any atom is 0.127 e. The van der Waals surface area contributed by atoms with Crippen molar-refractivity contribution in [1.29, 1.82) is 0 Å². The van der Waals surface area contributed by atoms with E-state index in [4.69, 9.17) is 16.3 Å². The molecule has 0 spiro atoms. The summed E-state index contributed by atoms with van der Waals surface area (Å²) in [5.74, 6) is 1.01. The number of ether oxygens (including phenoxy) is 1. The van der Waals surface area contributed by atoms with Gasteiger partial charge in [-0.2, -0.15) is 0 Å². The summed E-state index contributed by atoms with van der Waals surface area (Å²) in [6.45, 7) is 4.28. The van der Waals surface area contributed by atoms with E-state index in [9.17, 15) is 4.39 Å². The van der Waals surface area contributed by atoms with Crippen LogP contribution >= 0.6 is 11.6 Å². The van der Waals surface area contributed by atoms with E-state index in [1.807, 2.05) is 32.0 Å². The molecule has 0 fully saturated rings. The van der Waals surface area contributed by atoms with Crippen LogP contribution in [-0.4, -0.2) is 0 Å². The third-order valence-electron chi connectivity index (χ3n) is 3.11. The highest BCUT2D eigenvalue weighted by atomic mass is 35.5. The van der Waals surface area contributed by atoms with Crippen LogP contribution in [0.5, 0.6) is 5.75 Å². The fourth-order valence-electron chi connectivity index (χ4n) is 2.00. The van der Waals surface area contributed by atoms with Crippen LogP contribution in [0.25, 0.3) is 0 Å². The molecule has 0 amide bonds. The average Bonchev–Trinajstić information content (AvgIpc) is 2.39. The third kappa shape index (κ3) is 3.27. The molecule has 2 aromatic carbocycles. The summed E-state index contributed by atoms with van der Waals surface area (Å²) in [5.41, 5.74) is 3.89. The Hall–Kier alpha value is -1.54. The van der Waals surface area contributed by atoms with E-state index in [0.29, 0.717) is 12.5 Å². The second-order valence-corrected chi connectivity index (χ2v) is 4.82. The molecule has 0 aliphatic carbocycles. The molecule has 1 nitrogen and oxygen atoms in total. The van der Waals surface area contributed by atoms with Gasteiger partial charge in [-0.1, -0.05) is 24.3 Å². The minimum Gasteiger partial charge on any atom is -0.488 e. The monoisotopic (exact) mass is 278 g/mol. The predicted molar refractivity (Wildman–Crippen MR) is 76.2 cm³/mol. The zero-order valence-electron chi connectivity index (χ0n) is 11.0.